The van der Waals surface area contributed by atoms with Crippen LogP contribution >= 0.6 is 0 Å². The highest BCUT2D eigenvalue weighted by Crippen LogP contribution is 2.27. The summed E-state index contributed by atoms with van der Waals surface area (Å²) in [4.78, 5) is 27.5. The van der Waals surface area contributed by atoms with Crippen molar-refractivity contribution < 1.29 is 9.34 Å². The molecule has 0 fully saturated rings. The van der Waals surface area contributed by atoms with Gasteiger partial charge in [-0.15, -0.1) is 10.2 Å². The Morgan fingerprint density at radius 2 is 1.41 bits per heavy atom. The third kappa shape index (κ3) is 4.19. The van der Waals surface area contributed by atoms with E-state index in [0.717, 1.165) is 11.1 Å². The molecule has 5 rings (SSSR count). The van der Waals surface area contributed by atoms with Crippen molar-refractivity contribution in [3.63, 3.8) is 0 Å². The molecule has 0 saturated carbocycles. The molecule has 10 heteroatoms. The SMILES string of the molecule is O=c1nc(-c2ccccc2)c(-c2ccccc2)nn1Cc1nnc(-c2ccc([N+](=O)[O-])cc2)o1. The van der Waals surface area contributed by atoms with Crippen LogP contribution in [-0.4, -0.2) is 29.9 Å². The van der Waals surface area contributed by atoms with Gasteiger partial charge < -0.3 is 4.42 Å². The summed E-state index contributed by atoms with van der Waals surface area (Å²) in [6, 6.07) is 24.6. The molecule has 0 saturated heterocycles. The molecule has 0 amide bonds. The molecule has 0 aliphatic rings. The predicted octanol–water partition coefficient (Wildman–Crippen LogP) is 3.98. The lowest BCUT2D eigenvalue weighted by molar-refractivity contribution is -0.384. The van der Waals surface area contributed by atoms with Gasteiger partial charge >= 0.3 is 5.69 Å². The zero-order chi connectivity index (χ0) is 23.5. The number of aromatic nitrogens is 5. The van der Waals surface area contributed by atoms with Gasteiger partial charge in [0.25, 0.3) is 5.69 Å². The monoisotopic (exact) mass is 452 g/mol. The van der Waals surface area contributed by atoms with E-state index in [9.17, 15) is 14.9 Å². The van der Waals surface area contributed by atoms with E-state index < -0.39 is 10.6 Å². The Bertz CT molecular complexity index is 1510. The normalized spacial score (nSPS) is 10.8. The van der Waals surface area contributed by atoms with Crippen LogP contribution in [0.5, 0.6) is 0 Å². The second-order valence-electron chi connectivity index (χ2n) is 7.29. The van der Waals surface area contributed by atoms with E-state index in [-0.39, 0.29) is 24.0 Å². The smallest absolute Gasteiger partial charge is 0.365 e. The first-order valence-corrected chi connectivity index (χ1v) is 10.3. The largest absolute Gasteiger partial charge is 0.419 e. The number of hydrogen-bond acceptors (Lipinski definition) is 8. The van der Waals surface area contributed by atoms with Crippen molar-refractivity contribution in [3.05, 3.63) is 111 Å². The van der Waals surface area contributed by atoms with Crippen molar-refractivity contribution in [2.75, 3.05) is 0 Å². The van der Waals surface area contributed by atoms with E-state index in [1.807, 2.05) is 60.7 Å². The van der Waals surface area contributed by atoms with Crippen molar-refractivity contribution in [1.82, 2.24) is 25.0 Å². The topological polar surface area (TPSA) is 130 Å². The maximum absolute atomic E-state index is 12.8. The molecule has 34 heavy (non-hydrogen) atoms. The molecule has 0 aliphatic heterocycles. The molecule has 0 atom stereocenters. The fraction of sp³-hybridized carbons (Fsp3) is 0.0417. The highest BCUT2D eigenvalue weighted by molar-refractivity contribution is 5.77. The summed E-state index contributed by atoms with van der Waals surface area (Å²) in [7, 11) is 0. The predicted molar refractivity (Wildman–Crippen MR) is 123 cm³/mol. The fourth-order valence-corrected chi connectivity index (χ4v) is 3.40. The number of nitrogens with zero attached hydrogens (tertiary/aromatic N) is 6. The van der Waals surface area contributed by atoms with Crippen LogP contribution in [0.4, 0.5) is 5.69 Å². The van der Waals surface area contributed by atoms with Gasteiger partial charge in [-0.25, -0.2) is 9.48 Å². The van der Waals surface area contributed by atoms with Crippen LogP contribution in [0, 0.1) is 10.1 Å². The van der Waals surface area contributed by atoms with Crippen molar-refractivity contribution >= 4 is 5.69 Å². The van der Waals surface area contributed by atoms with Gasteiger partial charge in [0, 0.05) is 28.8 Å². The molecule has 2 heterocycles. The van der Waals surface area contributed by atoms with Crippen LogP contribution < -0.4 is 5.69 Å². The highest BCUT2D eigenvalue weighted by Gasteiger charge is 2.17. The summed E-state index contributed by atoms with van der Waals surface area (Å²) < 4.78 is 6.84. The van der Waals surface area contributed by atoms with Crippen molar-refractivity contribution in [2.24, 2.45) is 0 Å². The van der Waals surface area contributed by atoms with Crippen molar-refractivity contribution in [1.29, 1.82) is 0 Å². The lowest BCUT2D eigenvalue weighted by Crippen LogP contribution is -2.27. The molecule has 0 aliphatic carbocycles. The summed E-state index contributed by atoms with van der Waals surface area (Å²) in [5, 5.41) is 23.4. The zero-order valence-corrected chi connectivity index (χ0v) is 17.6. The van der Waals surface area contributed by atoms with Crippen molar-refractivity contribution in [3.8, 4) is 34.0 Å². The average molecular weight is 452 g/mol. The molecular formula is C24H16N6O4. The minimum absolute atomic E-state index is 0.0442. The molecule has 0 radical (unpaired) electrons. The maximum atomic E-state index is 12.8. The zero-order valence-electron chi connectivity index (χ0n) is 17.6. The van der Waals surface area contributed by atoms with Crippen LogP contribution in [0.15, 0.2) is 94.1 Å². The molecule has 0 bridgehead atoms. The van der Waals surface area contributed by atoms with Crippen LogP contribution in [0.1, 0.15) is 5.89 Å². The summed E-state index contributed by atoms with van der Waals surface area (Å²) in [5.74, 6) is 0.325. The number of nitro groups is 1. The lowest BCUT2D eigenvalue weighted by Gasteiger charge is -2.10. The maximum Gasteiger partial charge on any atom is 0.365 e. The van der Waals surface area contributed by atoms with Gasteiger partial charge in [0.05, 0.1) is 4.92 Å². The van der Waals surface area contributed by atoms with Gasteiger partial charge in [-0.1, -0.05) is 60.7 Å². The minimum atomic E-state index is -0.561. The first-order chi connectivity index (χ1) is 16.6. The number of rotatable bonds is 6. The summed E-state index contributed by atoms with van der Waals surface area (Å²) in [6.07, 6.45) is 0. The molecular weight excluding hydrogens is 436 g/mol. The van der Waals surface area contributed by atoms with Crippen molar-refractivity contribution in [2.45, 2.75) is 6.54 Å². The van der Waals surface area contributed by atoms with Gasteiger partial charge in [0.15, 0.2) is 0 Å². The second kappa shape index (κ2) is 8.87. The number of non-ortho nitro benzene ring substituents is 1. The summed E-state index contributed by atoms with van der Waals surface area (Å²) >= 11 is 0. The van der Waals surface area contributed by atoms with Gasteiger partial charge in [0.1, 0.15) is 17.9 Å². The van der Waals surface area contributed by atoms with E-state index >= 15 is 0 Å². The summed E-state index contributed by atoms with van der Waals surface area (Å²) in [5.41, 5.74) is 2.51. The van der Waals surface area contributed by atoms with E-state index in [1.54, 1.807) is 0 Å². The highest BCUT2D eigenvalue weighted by atomic mass is 16.6. The van der Waals surface area contributed by atoms with E-state index in [0.29, 0.717) is 17.0 Å². The Hall–Kier alpha value is -4.99. The average Bonchev–Trinajstić information content (AvgIpc) is 3.35. The number of nitro benzene ring substituents is 1. The first-order valence-electron chi connectivity index (χ1n) is 10.3. The van der Waals surface area contributed by atoms with Gasteiger partial charge in [0.2, 0.25) is 11.8 Å². The van der Waals surface area contributed by atoms with E-state index in [4.69, 9.17) is 4.42 Å². The summed E-state index contributed by atoms with van der Waals surface area (Å²) in [6.45, 7) is -0.0826. The van der Waals surface area contributed by atoms with Gasteiger partial charge in [-0.05, 0) is 12.1 Å². The third-order valence-electron chi connectivity index (χ3n) is 5.04. The van der Waals surface area contributed by atoms with Crippen LogP contribution in [0.2, 0.25) is 0 Å². The number of hydrogen-bond donors (Lipinski definition) is 0. The van der Waals surface area contributed by atoms with Crippen LogP contribution in [-0.2, 0) is 6.54 Å². The van der Waals surface area contributed by atoms with Crippen LogP contribution in [0.3, 0.4) is 0 Å². The molecule has 3 aromatic carbocycles. The molecule has 0 N–H and O–H groups in total. The van der Waals surface area contributed by atoms with E-state index in [1.165, 1.54) is 28.9 Å². The van der Waals surface area contributed by atoms with Gasteiger partial charge in [-0.2, -0.15) is 10.1 Å². The molecule has 5 aromatic rings. The Kier molecular flexibility index (Phi) is 5.45. The standard InChI is InChI=1S/C24H16N6O4/c31-24-25-21(16-7-3-1-4-8-16)22(17-9-5-2-6-10-17)28-29(24)15-20-26-27-23(34-20)18-11-13-19(14-12-18)30(32)33/h1-14H,15H2. The fourth-order valence-electron chi connectivity index (χ4n) is 3.40. The quantitative estimate of drug-likeness (QED) is 0.279. The minimum Gasteiger partial charge on any atom is -0.419 e. The Balaban J connectivity index is 1.50. The lowest BCUT2D eigenvalue weighted by atomic mass is 10.0. The molecule has 0 unspecified atom stereocenters. The first kappa shape index (κ1) is 20.9. The van der Waals surface area contributed by atoms with E-state index in [2.05, 4.69) is 20.3 Å². The second-order valence-corrected chi connectivity index (χ2v) is 7.29. The van der Waals surface area contributed by atoms with Gasteiger partial charge in [-0.3, -0.25) is 10.1 Å². The Labute approximate surface area is 192 Å². The Morgan fingerprint density at radius 1 is 0.794 bits per heavy atom. The molecule has 166 valence electrons. The molecule has 0 spiro atoms. The third-order valence-corrected chi connectivity index (χ3v) is 5.04. The molecule has 10 nitrogen and oxygen atoms in total. The number of benzene rings is 3. The van der Waals surface area contributed by atoms with Crippen LogP contribution in [0.25, 0.3) is 34.0 Å². The Morgan fingerprint density at radius 3 is 2.03 bits per heavy atom. The molecule has 2 aromatic heterocycles.